The Morgan fingerprint density at radius 1 is 0.826 bits per heavy atom. The Kier molecular flexibility index (Phi) is 5.16. The Morgan fingerprint density at radius 3 is 2.04 bits per heavy atom. The Hall–Kier alpha value is -2.04. The summed E-state index contributed by atoms with van der Waals surface area (Å²) in [5.74, 6) is 7.46. The standard InChI is InChI=1S/C22H25N/c1-18(2)20-11-13-21(14-12-20)22(23-16-6-7-17-23)15-10-19-8-4-3-5-9-19/h3-5,8-9,11-14,18,22H,6-7,16-17H2,1-2H3. The lowest BCUT2D eigenvalue weighted by Gasteiger charge is -2.23. The molecule has 1 heterocycles. The number of hydrogen-bond acceptors (Lipinski definition) is 1. The van der Waals surface area contributed by atoms with Crippen molar-refractivity contribution in [1.82, 2.24) is 4.90 Å². The summed E-state index contributed by atoms with van der Waals surface area (Å²) in [6.45, 7) is 6.78. The smallest absolute Gasteiger partial charge is 0.0974 e. The molecule has 2 aromatic carbocycles. The topological polar surface area (TPSA) is 3.24 Å². The molecule has 2 aromatic rings. The molecule has 0 aromatic heterocycles. The van der Waals surface area contributed by atoms with E-state index in [2.05, 4.69) is 67.0 Å². The van der Waals surface area contributed by atoms with Crippen molar-refractivity contribution >= 4 is 0 Å². The molecule has 0 saturated carbocycles. The minimum atomic E-state index is 0.207. The molecular weight excluding hydrogens is 278 g/mol. The molecule has 118 valence electrons. The first-order chi connectivity index (χ1) is 11.2. The van der Waals surface area contributed by atoms with E-state index < -0.39 is 0 Å². The highest BCUT2D eigenvalue weighted by atomic mass is 15.2. The van der Waals surface area contributed by atoms with Gasteiger partial charge in [-0.3, -0.25) is 4.90 Å². The van der Waals surface area contributed by atoms with E-state index in [9.17, 15) is 0 Å². The van der Waals surface area contributed by atoms with E-state index in [0.717, 1.165) is 18.7 Å². The van der Waals surface area contributed by atoms with Crippen molar-refractivity contribution < 1.29 is 0 Å². The summed E-state index contributed by atoms with van der Waals surface area (Å²) in [5.41, 5.74) is 3.81. The van der Waals surface area contributed by atoms with Gasteiger partial charge in [0.15, 0.2) is 0 Å². The first kappa shape index (κ1) is 15.8. The maximum atomic E-state index is 3.52. The van der Waals surface area contributed by atoms with Gasteiger partial charge in [0.1, 0.15) is 0 Å². The molecule has 1 aliphatic rings. The van der Waals surface area contributed by atoms with Crippen LogP contribution in [0.3, 0.4) is 0 Å². The third-order valence-corrected chi connectivity index (χ3v) is 4.55. The third kappa shape index (κ3) is 4.03. The molecule has 1 aliphatic heterocycles. The first-order valence-corrected chi connectivity index (χ1v) is 8.64. The van der Waals surface area contributed by atoms with Crippen LogP contribution >= 0.6 is 0 Å². The van der Waals surface area contributed by atoms with Crippen LogP contribution in [0.5, 0.6) is 0 Å². The normalized spacial score (nSPS) is 16.1. The van der Waals surface area contributed by atoms with Crippen molar-refractivity contribution in [3.05, 3.63) is 71.3 Å². The largest absolute Gasteiger partial charge is 0.286 e. The predicted molar refractivity (Wildman–Crippen MR) is 97.4 cm³/mol. The average molecular weight is 303 g/mol. The highest BCUT2D eigenvalue weighted by Gasteiger charge is 2.21. The first-order valence-electron chi connectivity index (χ1n) is 8.64. The SMILES string of the molecule is CC(C)c1ccc(C(C#Cc2ccccc2)N2CCCC2)cc1. The lowest BCUT2D eigenvalue weighted by molar-refractivity contribution is 0.296. The Balaban J connectivity index is 1.88. The van der Waals surface area contributed by atoms with Crippen molar-refractivity contribution in [2.45, 2.75) is 38.6 Å². The molecule has 0 aliphatic carbocycles. The van der Waals surface area contributed by atoms with Gasteiger partial charge in [-0.1, -0.05) is 68.2 Å². The lowest BCUT2D eigenvalue weighted by atomic mass is 9.98. The molecule has 23 heavy (non-hydrogen) atoms. The summed E-state index contributed by atoms with van der Waals surface area (Å²) in [6.07, 6.45) is 2.57. The van der Waals surface area contributed by atoms with E-state index in [0.29, 0.717) is 5.92 Å². The van der Waals surface area contributed by atoms with E-state index in [4.69, 9.17) is 0 Å². The Bertz CT molecular complexity index is 667. The maximum Gasteiger partial charge on any atom is 0.0974 e. The van der Waals surface area contributed by atoms with Gasteiger partial charge in [0.2, 0.25) is 0 Å². The van der Waals surface area contributed by atoms with Crippen molar-refractivity contribution in [2.75, 3.05) is 13.1 Å². The van der Waals surface area contributed by atoms with Crippen LogP contribution in [0.2, 0.25) is 0 Å². The van der Waals surface area contributed by atoms with Crippen molar-refractivity contribution in [2.24, 2.45) is 0 Å². The zero-order chi connectivity index (χ0) is 16.1. The van der Waals surface area contributed by atoms with Gasteiger partial charge in [0, 0.05) is 5.56 Å². The van der Waals surface area contributed by atoms with E-state index in [1.54, 1.807) is 0 Å². The summed E-state index contributed by atoms with van der Waals surface area (Å²) in [5, 5.41) is 0. The molecule has 0 radical (unpaired) electrons. The van der Waals surface area contributed by atoms with Crippen LogP contribution in [0, 0.1) is 11.8 Å². The van der Waals surface area contributed by atoms with Crippen LogP contribution in [0.4, 0.5) is 0 Å². The molecule has 0 bridgehead atoms. The van der Waals surface area contributed by atoms with Gasteiger partial charge in [0.25, 0.3) is 0 Å². The van der Waals surface area contributed by atoms with Crippen molar-refractivity contribution in [1.29, 1.82) is 0 Å². The fourth-order valence-corrected chi connectivity index (χ4v) is 3.12. The minimum Gasteiger partial charge on any atom is -0.286 e. The van der Waals surface area contributed by atoms with Gasteiger partial charge >= 0.3 is 0 Å². The minimum absolute atomic E-state index is 0.207. The van der Waals surface area contributed by atoms with E-state index >= 15 is 0 Å². The van der Waals surface area contributed by atoms with Gasteiger partial charge in [-0.2, -0.15) is 0 Å². The highest BCUT2D eigenvalue weighted by Crippen LogP contribution is 2.26. The number of likely N-dealkylation sites (tertiary alicyclic amines) is 1. The summed E-state index contributed by atoms with van der Waals surface area (Å²) >= 11 is 0. The van der Waals surface area contributed by atoms with Gasteiger partial charge in [-0.05, 0) is 55.1 Å². The number of nitrogens with zero attached hydrogens (tertiary/aromatic N) is 1. The summed E-state index contributed by atoms with van der Waals surface area (Å²) in [7, 11) is 0. The van der Waals surface area contributed by atoms with Gasteiger partial charge in [0.05, 0.1) is 6.04 Å². The van der Waals surface area contributed by atoms with Gasteiger partial charge in [-0.25, -0.2) is 0 Å². The monoisotopic (exact) mass is 303 g/mol. The zero-order valence-corrected chi connectivity index (χ0v) is 14.1. The molecule has 0 N–H and O–H groups in total. The zero-order valence-electron chi connectivity index (χ0n) is 14.1. The van der Waals surface area contributed by atoms with Gasteiger partial charge < -0.3 is 0 Å². The van der Waals surface area contributed by atoms with Crippen LogP contribution in [-0.4, -0.2) is 18.0 Å². The van der Waals surface area contributed by atoms with Crippen LogP contribution in [-0.2, 0) is 0 Å². The lowest BCUT2D eigenvalue weighted by Crippen LogP contribution is -2.24. The molecule has 0 spiro atoms. The number of rotatable bonds is 3. The van der Waals surface area contributed by atoms with Gasteiger partial charge in [-0.15, -0.1) is 0 Å². The Labute approximate surface area is 140 Å². The molecule has 1 unspecified atom stereocenters. The fraction of sp³-hybridized carbons (Fsp3) is 0.364. The molecule has 3 rings (SSSR count). The quantitative estimate of drug-likeness (QED) is 0.721. The number of hydrogen-bond donors (Lipinski definition) is 0. The summed E-state index contributed by atoms with van der Waals surface area (Å²) in [6, 6.07) is 19.5. The number of benzene rings is 2. The summed E-state index contributed by atoms with van der Waals surface area (Å²) in [4.78, 5) is 2.51. The third-order valence-electron chi connectivity index (χ3n) is 4.55. The summed E-state index contributed by atoms with van der Waals surface area (Å²) < 4.78 is 0. The maximum absolute atomic E-state index is 3.52. The van der Waals surface area contributed by atoms with E-state index in [-0.39, 0.29) is 6.04 Å². The molecule has 1 fully saturated rings. The Morgan fingerprint density at radius 2 is 1.43 bits per heavy atom. The molecule has 0 amide bonds. The second-order valence-electron chi connectivity index (χ2n) is 6.60. The van der Waals surface area contributed by atoms with Crippen LogP contribution < -0.4 is 0 Å². The fourth-order valence-electron chi connectivity index (χ4n) is 3.12. The van der Waals surface area contributed by atoms with Crippen LogP contribution in [0.1, 0.15) is 55.3 Å². The van der Waals surface area contributed by atoms with Crippen molar-refractivity contribution in [3.8, 4) is 11.8 Å². The van der Waals surface area contributed by atoms with Crippen molar-refractivity contribution in [3.63, 3.8) is 0 Å². The second kappa shape index (κ2) is 7.49. The van der Waals surface area contributed by atoms with Crippen LogP contribution in [0.25, 0.3) is 0 Å². The predicted octanol–water partition coefficient (Wildman–Crippen LogP) is 5.00. The molecular formula is C22H25N. The van der Waals surface area contributed by atoms with E-state index in [1.807, 2.05) is 18.2 Å². The second-order valence-corrected chi connectivity index (χ2v) is 6.60. The average Bonchev–Trinajstić information content (AvgIpc) is 3.11. The molecule has 1 nitrogen and oxygen atoms in total. The van der Waals surface area contributed by atoms with E-state index in [1.165, 1.54) is 24.0 Å². The molecule has 1 saturated heterocycles. The highest BCUT2D eigenvalue weighted by molar-refractivity contribution is 5.38. The van der Waals surface area contributed by atoms with Crippen LogP contribution in [0.15, 0.2) is 54.6 Å². The molecule has 1 atom stereocenters. The molecule has 1 heteroatoms.